The molecular formula is C31H29FN4O3S. The Bertz CT molecular complexity index is 1690. The lowest BCUT2D eigenvalue weighted by atomic mass is 10.1. The van der Waals surface area contributed by atoms with Gasteiger partial charge in [0.1, 0.15) is 5.82 Å². The van der Waals surface area contributed by atoms with Gasteiger partial charge in [-0.15, -0.1) is 0 Å². The number of nitrogens with two attached hydrogens (primary N) is 1. The summed E-state index contributed by atoms with van der Waals surface area (Å²) < 4.78 is 43.1. The van der Waals surface area contributed by atoms with E-state index >= 15 is 0 Å². The van der Waals surface area contributed by atoms with Crippen LogP contribution >= 0.6 is 0 Å². The van der Waals surface area contributed by atoms with E-state index in [1.54, 1.807) is 18.2 Å². The van der Waals surface area contributed by atoms with Crippen LogP contribution in [0.3, 0.4) is 0 Å². The van der Waals surface area contributed by atoms with Crippen molar-refractivity contribution in [3.8, 4) is 28.4 Å². The number of primary sulfonamides is 1. The number of methoxy groups -OCH3 is 1. The van der Waals surface area contributed by atoms with Gasteiger partial charge in [0, 0.05) is 30.8 Å². The molecule has 40 heavy (non-hydrogen) atoms. The summed E-state index contributed by atoms with van der Waals surface area (Å²) in [5.41, 5.74) is 5.32. The lowest BCUT2D eigenvalue weighted by molar-refractivity contribution is 0.245. The van der Waals surface area contributed by atoms with Crippen LogP contribution < -0.4 is 9.88 Å². The molecule has 0 saturated heterocycles. The molecular weight excluding hydrogens is 527 g/mol. The maximum Gasteiger partial charge on any atom is 0.238 e. The predicted molar refractivity (Wildman–Crippen MR) is 153 cm³/mol. The number of benzene rings is 4. The molecule has 0 atom stereocenters. The van der Waals surface area contributed by atoms with E-state index in [4.69, 9.17) is 14.9 Å². The molecule has 0 aliphatic rings. The molecule has 0 saturated carbocycles. The number of hydrogen-bond donors (Lipinski definition) is 2. The van der Waals surface area contributed by atoms with Gasteiger partial charge in [0.25, 0.3) is 0 Å². The molecule has 0 bridgehead atoms. The number of aromatic amines is 1. The minimum Gasteiger partial charge on any atom is -0.494 e. The average Bonchev–Trinajstić information content (AvgIpc) is 3.37. The number of halogens is 1. The average molecular weight is 557 g/mol. The summed E-state index contributed by atoms with van der Waals surface area (Å²) in [4.78, 5) is 10.7. The Balaban J connectivity index is 1.51. The topological polar surface area (TPSA) is 101 Å². The minimum atomic E-state index is -3.80. The lowest BCUT2D eigenvalue weighted by Gasteiger charge is -2.23. The fourth-order valence-corrected chi connectivity index (χ4v) is 5.11. The monoisotopic (exact) mass is 556 g/mol. The van der Waals surface area contributed by atoms with Crippen molar-refractivity contribution in [3.63, 3.8) is 0 Å². The predicted octanol–water partition coefficient (Wildman–Crippen LogP) is 5.74. The van der Waals surface area contributed by atoms with Crippen LogP contribution in [-0.2, 0) is 29.7 Å². The second kappa shape index (κ2) is 11.8. The van der Waals surface area contributed by atoms with Crippen molar-refractivity contribution in [1.29, 1.82) is 0 Å². The first-order chi connectivity index (χ1) is 19.3. The maximum atomic E-state index is 14.6. The SMILES string of the molecule is COc1ccc(CN(Cc2ccc(S(N)(=O)=O)cc2)Cc2[nH]c(-c3ccccc3)nc2-c2ccccc2)cc1F. The molecule has 3 N–H and O–H groups in total. The van der Waals surface area contributed by atoms with Crippen LogP contribution in [0.4, 0.5) is 4.39 Å². The molecule has 0 aliphatic carbocycles. The van der Waals surface area contributed by atoms with Gasteiger partial charge in [-0.1, -0.05) is 78.9 Å². The molecule has 9 heteroatoms. The van der Waals surface area contributed by atoms with Crippen molar-refractivity contribution in [2.45, 2.75) is 24.5 Å². The summed E-state index contributed by atoms with van der Waals surface area (Å²) in [7, 11) is -2.36. The summed E-state index contributed by atoms with van der Waals surface area (Å²) >= 11 is 0. The molecule has 204 valence electrons. The normalized spacial score (nSPS) is 11.6. The number of nitrogens with one attached hydrogen (secondary N) is 1. The molecule has 5 aromatic rings. The van der Waals surface area contributed by atoms with E-state index in [0.29, 0.717) is 19.6 Å². The molecule has 0 spiro atoms. The zero-order valence-corrected chi connectivity index (χ0v) is 22.7. The third kappa shape index (κ3) is 6.45. The van der Waals surface area contributed by atoms with Crippen LogP contribution in [0.1, 0.15) is 16.8 Å². The molecule has 0 radical (unpaired) electrons. The molecule has 4 aromatic carbocycles. The number of aromatic nitrogens is 2. The van der Waals surface area contributed by atoms with Crippen molar-refractivity contribution in [3.05, 3.63) is 126 Å². The summed E-state index contributed by atoms with van der Waals surface area (Å²) in [5, 5.41) is 5.28. The maximum absolute atomic E-state index is 14.6. The number of nitrogens with zero attached hydrogens (tertiary/aromatic N) is 2. The highest BCUT2D eigenvalue weighted by Crippen LogP contribution is 2.28. The Hall–Kier alpha value is -4.31. The van der Waals surface area contributed by atoms with Crippen LogP contribution in [0, 0.1) is 5.82 Å². The van der Waals surface area contributed by atoms with Crippen LogP contribution in [0.25, 0.3) is 22.6 Å². The summed E-state index contributed by atoms with van der Waals surface area (Å²) in [6.45, 7) is 1.35. The smallest absolute Gasteiger partial charge is 0.238 e. The highest BCUT2D eigenvalue weighted by atomic mass is 32.2. The number of rotatable bonds is 10. The van der Waals surface area contributed by atoms with Gasteiger partial charge in [0.05, 0.1) is 23.4 Å². The van der Waals surface area contributed by atoms with Crippen molar-refractivity contribution >= 4 is 10.0 Å². The highest BCUT2D eigenvalue weighted by Gasteiger charge is 2.18. The fourth-order valence-electron chi connectivity index (χ4n) is 4.59. The molecule has 1 aromatic heterocycles. The first kappa shape index (κ1) is 27.3. The van der Waals surface area contributed by atoms with E-state index < -0.39 is 15.8 Å². The quantitative estimate of drug-likeness (QED) is 0.228. The van der Waals surface area contributed by atoms with Crippen molar-refractivity contribution in [2.75, 3.05) is 7.11 Å². The van der Waals surface area contributed by atoms with E-state index in [1.807, 2.05) is 66.7 Å². The van der Waals surface area contributed by atoms with Gasteiger partial charge in [-0.3, -0.25) is 4.90 Å². The molecule has 1 heterocycles. The standard InChI is InChI=1S/C31H29FN4O3S/c1-39-29-17-14-23(18-27(29)32)20-36(19-22-12-15-26(16-13-22)40(33,37)38)21-28-30(24-8-4-2-5-9-24)35-31(34-28)25-10-6-3-7-11-25/h2-18H,19-21H2,1H3,(H,34,35)(H2,33,37,38). The first-order valence-corrected chi connectivity index (χ1v) is 14.2. The number of hydrogen-bond acceptors (Lipinski definition) is 5. The number of sulfonamides is 1. The van der Waals surface area contributed by atoms with Gasteiger partial charge in [0.15, 0.2) is 11.6 Å². The third-order valence-electron chi connectivity index (χ3n) is 6.54. The summed E-state index contributed by atoms with van der Waals surface area (Å²) in [6, 6.07) is 31.2. The van der Waals surface area contributed by atoms with Crippen LogP contribution in [-0.4, -0.2) is 30.4 Å². The molecule has 0 fully saturated rings. The highest BCUT2D eigenvalue weighted by molar-refractivity contribution is 7.89. The largest absolute Gasteiger partial charge is 0.494 e. The Morgan fingerprint density at radius 2 is 1.43 bits per heavy atom. The number of H-pyrrole nitrogens is 1. The Morgan fingerprint density at radius 3 is 2.02 bits per heavy atom. The molecule has 7 nitrogen and oxygen atoms in total. The van der Waals surface area contributed by atoms with Crippen LogP contribution in [0.5, 0.6) is 5.75 Å². The van der Waals surface area contributed by atoms with E-state index in [2.05, 4.69) is 9.88 Å². The summed E-state index contributed by atoms with van der Waals surface area (Å²) in [5.74, 6) is 0.499. The lowest BCUT2D eigenvalue weighted by Crippen LogP contribution is -2.23. The van der Waals surface area contributed by atoms with E-state index in [1.165, 1.54) is 25.3 Å². The summed E-state index contributed by atoms with van der Waals surface area (Å²) in [6.07, 6.45) is 0. The van der Waals surface area contributed by atoms with E-state index in [0.717, 1.165) is 39.5 Å². The van der Waals surface area contributed by atoms with E-state index in [9.17, 15) is 12.8 Å². The Labute approximate surface area is 233 Å². The molecule has 5 rings (SSSR count). The first-order valence-electron chi connectivity index (χ1n) is 12.7. The number of imidazole rings is 1. The Kier molecular flexibility index (Phi) is 8.06. The number of ether oxygens (including phenoxy) is 1. The van der Waals surface area contributed by atoms with Crippen LogP contribution in [0.2, 0.25) is 0 Å². The van der Waals surface area contributed by atoms with Gasteiger partial charge in [-0.2, -0.15) is 0 Å². The van der Waals surface area contributed by atoms with Gasteiger partial charge < -0.3 is 9.72 Å². The van der Waals surface area contributed by atoms with Gasteiger partial charge in [-0.05, 0) is 35.4 Å². The molecule has 0 amide bonds. The van der Waals surface area contributed by atoms with Gasteiger partial charge in [0.2, 0.25) is 10.0 Å². The minimum absolute atomic E-state index is 0.0486. The second-order valence-corrected chi connectivity index (χ2v) is 11.0. The zero-order valence-electron chi connectivity index (χ0n) is 21.9. The second-order valence-electron chi connectivity index (χ2n) is 9.45. The van der Waals surface area contributed by atoms with Gasteiger partial charge >= 0.3 is 0 Å². The molecule has 0 aliphatic heterocycles. The zero-order chi connectivity index (χ0) is 28.1. The van der Waals surface area contributed by atoms with E-state index in [-0.39, 0.29) is 10.6 Å². The third-order valence-corrected chi connectivity index (χ3v) is 7.46. The van der Waals surface area contributed by atoms with Crippen molar-refractivity contribution in [2.24, 2.45) is 5.14 Å². The van der Waals surface area contributed by atoms with Gasteiger partial charge in [-0.25, -0.2) is 22.9 Å². The molecule has 0 unspecified atom stereocenters. The van der Waals surface area contributed by atoms with Crippen LogP contribution in [0.15, 0.2) is 108 Å². The fraction of sp³-hybridized carbons (Fsp3) is 0.129. The van der Waals surface area contributed by atoms with Crippen molar-refractivity contribution < 1.29 is 17.5 Å². The Morgan fingerprint density at radius 1 is 0.825 bits per heavy atom. The van der Waals surface area contributed by atoms with Crippen molar-refractivity contribution in [1.82, 2.24) is 14.9 Å².